The summed E-state index contributed by atoms with van der Waals surface area (Å²) in [4.78, 5) is 11.9. The van der Waals surface area contributed by atoms with E-state index < -0.39 is 15.6 Å². The minimum absolute atomic E-state index is 0.0686. The number of benzene rings is 1. The van der Waals surface area contributed by atoms with Gasteiger partial charge in [0.1, 0.15) is 4.90 Å². The number of nitrogens with one attached hydrogen (secondary N) is 1. The molecule has 1 amide bonds. The summed E-state index contributed by atoms with van der Waals surface area (Å²) in [6, 6.07) is 4.20. The van der Waals surface area contributed by atoms with Gasteiger partial charge in [0.25, 0.3) is 0 Å². The molecule has 0 saturated carbocycles. The second-order valence-corrected chi connectivity index (χ2v) is 8.55. The number of likely N-dealkylation sites (N-methyl/N-ethyl adjacent to an activating group) is 1. The molecule has 8 heteroatoms. The van der Waals surface area contributed by atoms with Gasteiger partial charge in [0.15, 0.2) is 0 Å². The maximum atomic E-state index is 12.6. The summed E-state index contributed by atoms with van der Waals surface area (Å²) in [5.41, 5.74) is -0.437. The molecule has 22 heavy (non-hydrogen) atoms. The van der Waals surface area contributed by atoms with Gasteiger partial charge in [0.05, 0.1) is 11.6 Å². The predicted molar refractivity (Wildman–Crippen MR) is 88.8 cm³/mol. The monoisotopic (exact) mass is 366 g/mol. The highest BCUT2D eigenvalue weighted by Gasteiger charge is 2.28. The van der Waals surface area contributed by atoms with Gasteiger partial charge in [-0.25, -0.2) is 8.42 Å². The molecule has 0 aliphatic heterocycles. The summed E-state index contributed by atoms with van der Waals surface area (Å²) in [6.07, 6.45) is 0. The molecule has 1 aromatic rings. The van der Waals surface area contributed by atoms with E-state index in [2.05, 4.69) is 5.32 Å². The van der Waals surface area contributed by atoms with E-state index in [1.165, 1.54) is 18.2 Å². The second kappa shape index (κ2) is 7.17. The molecular formula is C14H20Cl2N2O3S. The molecule has 5 nitrogen and oxygen atoms in total. The van der Waals surface area contributed by atoms with Crippen LogP contribution in [0, 0.1) is 0 Å². The van der Waals surface area contributed by atoms with E-state index >= 15 is 0 Å². The number of carbonyl (C=O) groups excluding carboxylic acids is 1. The Morgan fingerprint density at radius 2 is 1.86 bits per heavy atom. The lowest BCUT2D eigenvalue weighted by molar-refractivity contribution is -0.122. The first-order valence-corrected chi connectivity index (χ1v) is 8.93. The van der Waals surface area contributed by atoms with Crippen molar-refractivity contribution in [1.29, 1.82) is 0 Å². The van der Waals surface area contributed by atoms with Crippen molar-refractivity contribution in [3.63, 3.8) is 0 Å². The Kier molecular flexibility index (Phi) is 6.27. The average Bonchev–Trinajstić information content (AvgIpc) is 2.36. The molecule has 0 aromatic heterocycles. The third-order valence-corrected chi connectivity index (χ3v) is 5.34. The molecule has 0 spiro atoms. The lowest BCUT2D eigenvalue weighted by atomic mass is 10.1. The highest BCUT2D eigenvalue weighted by atomic mass is 35.5. The van der Waals surface area contributed by atoms with Crippen molar-refractivity contribution in [2.45, 2.75) is 38.1 Å². The summed E-state index contributed by atoms with van der Waals surface area (Å²) in [7, 11) is -3.90. The molecule has 0 saturated heterocycles. The van der Waals surface area contributed by atoms with Crippen molar-refractivity contribution in [3.05, 3.63) is 28.2 Å². The lowest BCUT2D eigenvalue weighted by Crippen LogP contribution is -2.47. The van der Waals surface area contributed by atoms with Crippen molar-refractivity contribution in [1.82, 2.24) is 9.62 Å². The van der Waals surface area contributed by atoms with E-state index in [1.807, 2.05) is 20.8 Å². The van der Waals surface area contributed by atoms with E-state index in [9.17, 15) is 13.2 Å². The zero-order chi connectivity index (χ0) is 17.1. The van der Waals surface area contributed by atoms with Gasteiger partial charge in [-0.2, -0.15) is 4.31 Å². The van der Waals surface area contributed by atoms with Crippen LogP contribution in [-0.4, -0.2) is 37.3 Å². The predicted octanol–water partition coefficient (Wildman–Crippen LogP) is 2.92. The Bertz CT molecular complexity index is 655. The quantitative estimate of drug-likeness (QED) is 0.870. The molecule has 0 fully saturated rings. The van der Waals surface area contributed by atoms with Gasteiger partial charge >= 0.3 is 0 Å². The van der Waals surface area contributed by atoms with E-state index in [0.717, 1.165) is 4.31 Å². The van der Waals surface area contributed by atoms with Gasteiger partial charge in [-0.05, 0) is 39.0 Å². The molecule has 0 atom stereocenters. The maximum absolute atomic E-state index is 12.6. The Hall–Kier alpha value is -0.820. The smallest absolute Gasteiger partial charge is 0.245 e. The van der Waals surface area contributed by atoms with Crippen LogP contribution in [0.2, 0.25) is 10.0 Å². The van der Waals surface area contributed by atoms with Crippen LogP contribution in [0.15, 0.2) is 23.1 Å². The van der Waals surface area contributed by atoms with Crippen LogP contribution in [0.3, 0.4) is 0 Å². The minimum Gasteiger partial charge on any atom is -0.350 e. The van der Waals surface area contributed by atoms with E-state index in [1.54, 1.807) is 6.92 Å². The molecule has 0 radical (unpaired) electrons. The number of carbonyl (C=O) groups is 1. The Morgan fingerprint density at radius 1 is 1.27 bits per heavy atom. The van der Waals surface area contributed by atoms with Crippen LogP contribution in [0.5, 0.6) is 0 Å². The van der Waals surface area contributed by atoms with Gasteiger partial charge in [-0.3, -0.25) is 4.79 Å². The number of nitrogens with zero attached hydrogens (tertiary/aromatic N) is 1. The van der Waals surface area contributed by atoms with E-state index in [4.69, 9.17) is 23.2 Å². The standard InChI is InChI=1S/C14H20Cl2N2O3S/c1-5-18(9-13(19)17-14(2,3)4)22(20,21)12-8-10(15)6-7-11(12)16/h6-8H,5,9H2,1-4H3,(H,17,19). The number of hydrogen-bond acceptors (Lipinski definition) is 3. The molecule has 1 rings (SSSR count). The van der Waals surface area contributed by atoms with Crippen LogP contribution in [0.25, 0.3) is 0 Å². The van der Waals surface area contributed by atoms with Crippen LogP contribution < -0.4 is 5.32 Å². The highest BCUT2D eigenvalue weighted by Crippen LogP contribution is 2.27. The summed E-state index contributed by atoms with van der Waals surface area (Å²) in [5.74, 6) is -0.379. The molecule has 0 unspecified atom stereocenters. The summed E-state index contributed by atoms with van der Waals surface area (Å²) in [5, 5.41) is 3.06. The Balaban J connectivity index is 3.07. The molecule has 0 aliphatic rings. The number of rotatable bonds is 5. The van der Waals surface area contributed by atoms with Crippen LogP contribution >= 0.6 is 23.2 Å². The van der Waals surface area contributed by atoms with Crippen LogP contribution in [0.4, 0.5) is 0 Å². The normalized spacial score (nSPS) is 12.5. The van der Waals surface area contributed by atoms with Crippen LogP contribution in [0.1, 0.15) is 27.7 Å². The maximum Gasteiger partial charge on any atom is 0.245 e. The average molecular weight is 367 g/mol. The van der Waals surface area contributed by atoms with E-state index in [0.29, 0.717) is 0 Å². The molecular weight excluding hydrogens is 347 g/mol. The van der Waals surface area contributed by atoms with Gasteiger partial charge in [0.2, 0.25) is 15.9 Å². The summed E-state index contributed by atoms with van der Waals surface area (Å²) < 4.78 is 26.3. The van der Waals surface area contributed by atoms with Gasteiger partial charge < -0.3 is 5.32 Å². The third-order valence-electron chi connectivity index (χ3n) is 2.70. The summed E-state index contributed by atoms with van der Waals surface area (Å²) >= 11 is 11.8. The molecule has 1 N–H and O–H groups in total. The highest BCUT2D eigenvalue weighted by molar-refractivity contribution is 7.89. The summed E-state index contributed by atoms with van der Waals surface area (Å²) in [6.45, 7) is 6.98. The first kappa shape index (κ1) is 19.2. The van der Waals surface area contributed by atoms with Gasteiger partial charge in [-0.1, -0.05) is 30.1 Å². The number of hydrogen-bond donors (Lipinski definition) is 1. The van der Waals surface area contributed by atoms with Crippen molar-refractivity contribution in [2.75, 3.05) is 13.1 Å². The van der Waals surface area contributed by atoms with E-state index in [-0.39, 0.29) is 33.9 Å². The molecule has 0 bridgehead atoms. The zero-order valence-corrected chi connectivity index (χ0v) is 15.3. The molecule has 1 aromatic carbocycles. The number of sulfonamides is 1. The van der Waals surface area contributed by atoms with Crippen molar-refractivity contribution >= 4 is 39.1 Å². The minimum atomic E-state index is -3.90. The lowest BCUT2D eigenvalue weighted by Gasteiger charge is -2.25. The van der Waals surface area contributed by atoms with Crippen molar-refractivity contribution in [3.8, 4) is 0 Å². The number of amides is 1. The molecule has 124 valence electrons. The second-order valence-electron chi connectivity index (χ2n) is 5.80. The van der Waals surface area contributed by atoms with Gasteiger partial charge in [-0.15, -0.1) is 0 Å². The van der Waals surface area contributed by atoms with Crippen molar-refractivity contribution < 1.29 is 13.2 Å². The fourth-order valence-corrected chi connectivity index (χ4v) is 3.94. The Morgan fingerprint density at radius 3 is 2.36 bits per heavy atom. The third kappa shape index (κ3) is 5.12. The van der Waals surface area contributed by atoms with Gasteiger partial charge in [0, 0.05) is 17.1 Å². The SMILES string of the molecule is CCN(CC(=O)NC(C)(C)C)S(=O)(=O)c1cc(Cl)ccc1Cl. The first-order valence-electron chi connectivity index (χ1n) is 6.73. The van der Waals surface area contributed by atoms with Crippen LogP contribution in [-0.2, 0) is 14.8 Å². The molecule has 0 heterocycles. The Labute approximate surface area is 141 Å². The zero-order valence-electron chi connectivity index (χ0n) is 13.0. The first-order chi connectivity index (χ1) is 9.97. The topological polar surface area (TPSA) is 66.5 Å². The largest absolute Gasteiger partial charge is 0.350 e. The van der Waals surface area contributed by atoms with Crippen molar-refractivity contribution in [2.24, 2.45) is 0 Å². The fraction of sp³-hybridized carbons (Fsp3) is 0.500. The fourth-order valence-electron chi connectivity index (χ4n) is 1.80. The number of halogens is 2. The molecule has 0 aliphatic carbocycles.